The van der Waals surface area contributed by atoms with Crippen LogP contribution in [-0.4, -0.2) is 17.0 Å². The Bertz CT molecular complexity index is 704. The van der Waals surface area contributed by atoms with Crippen LogP contribution in [0.4, 0.5) is 5.00 Å². The molecule has 0 atom stereocenters. The predicted molar refractivity (Wildman–Crippen MR) is 84.5 cm³/mol. The van der Waals surface area contributed by atoms with E-state index in [0.717, 1.165) is 22.4 Å². The van der Waals surface area contributed by atoms with Crippen molar-refractivity contribution in [3.05, 3.63) is 51.4 Å². The molecular formula is C16H17NO3S. The van der Waals surface area contributed by atoms with E-state index in [0.29, 0.717) is 10.6 Å². The van der Waals surface area contributed by atoms with Gasteiger partial charge in [0.05, 0.1) is 5.56 Å². The maximum absolute atomic E-state index is 12.4. The van der Waals surface area contributed by atoms with Crippen molar-refractivity contribution in [1.29, 1.82) is 0 Å². The molecule has 110 valence electrons. The molecule has 0 aliphatic carbocycles. The lowest BCUT2D eigenvalue weighted by molar-refractivity contribution is 0.0698. The van der Waals surface area contributed by atoms with Crippen molar-refractivity contribution >= 4 is 28.2 Å². The van der Waals surface area contributed by atoms with Gasteiger partial charge in [0.25, 0.3) is 5.91 Å². The Labute approximate surface area is 127 Å². The van der Waals surface area contributed by atoms with Crippen LogP contribution >= 0.6 is 11.3 Å². The highest BCUT2D eigenvalue weighted by atomic mass is 32.1. The first-order valence-corrected chi connectivity index (χ1v) is 7.49. The molecule has 0 aliphatic rings. The van der Waals surface area contributed by atoms with Gasteiger partial charge in [-0.25, -0.2) is 4.79 Å². The Morgan fingerprint density at radius 2 is 1.95 bits per heavy atom. The quantitative estimate of drug-likeness (QED) is 0.900. The number of carbonyl (C=O) groups is 2. The average Bonchev–Trinajstić information content (AvgIpc) is 2.85. The van der Waals surface area contributed by atoms with Crippen LogP contribution in [0.2, 0.25) is 0 Å². The van der Waals surface area contributed by atoms with Gasteiger partial charge in [0.2, 0.25) is 0 Å². The first kappa shape index (κ1) is 15.3. The summed E-state index contributed by atoms with van der Waals surface area (Å²) >= 11 is 1.31. The van der Waals surface area contributed by atoms with Crippen LogP contribution < -0.4 is 5.32 Å². The lowest BCUT2D eigenvalue weighted by atomic mass is 10.0. The van der Waals surface area contributed by atoms with Crippen LogP contribution in [0.3, 0.4) is 0 Å². The summed E-state index contributed by atoms with van der Waals surface area (Å²) in [6, 6.07) is 7.12. The van der Waals surface area contributed by atoms with Gasteiger partial charge in [-0.15, -0.1) is 11.3 Å². The fraction of sp³-hybridized carbons (Fsp3) is 0.250. The molecule has 0 spiro atoms. The Morgan fingerprint density at radius 1 is 1.24 bits per heavy atom. The Morgan fingerprint density at radius 3 is 2.57 bits per heavy atom. The van der Waals surface area contributed by atoms with E-state index >= 15 is 0 Å². The molecule has 0 radical (unpaired) electrons. The fourth-order valence-electron chi connectivity index (χ4n) is 2.04. The van der Waals surface area contributed by atoms with E-state index in [4.69, 9.17) is 0 Å². The number of thiophene rings is 1. The summed E-state index contributed by atoms with van der Waals surface area (Å²) in [4.78, 5) is 24.5. The maximum atomic E-state index is 12.4. The van der Waals surface area contributed by atoms with E-state index in [1.54, 1.807) is 12.1 Å². The van der Waals surface area contributed by atoms with Crippen molar-refractivity contribution in [3.63, 3.8) is 0 Å². The summed E-state index contributed by atoms with van der Waals surface area (Å²) in [7, 11) is 0. The van der Waals surface area contributed by atoms with E-state index in [1.807, 2.05) is 32.9 Å². The van der Waals surface area contributed by atoms with Crippen LogP contribution in [0.1, 0.15) is 43.6 Å². The second-order valence-corrected chi connectivity index (χ2v) is 5.95. The summed E-state index contributed by atoms with van der Waals surface area (Å²) < 4.78 is 0. The Kier molecular flexibility index (Phi) is 4.43. The van der Waals surface area contributed by atoms with Crippen molar-refractivity contribution in [2.24, 2.45) is 0 Å². The smallest absolute Gasteiger partial charge is 0.338 e. The molecule has 4 nitrogen and oxygen atoms in total. The number of hydrogen-bond donors (Lipinski definition) is 2. The number of carboxylic acids is 1. The first-order chi connectivity index (χ1) is 9.93. The largest absolute Gasteiger partial charge is 0.478 e. The second kappa shape index (κ2) is 6.10. The normalized spacial score (nSPS) is 10.4. The van der Waals surface area contributed by atoms with Crippen LogP contribution in [0, 0.1) is 13.8 Å². The molecule has 5 heteroatoms. The summed E-state index contributed by atoms with van der Waals surface area (Å²) in [6.45, 7) is 5.77. The van der Waals surface area contributed by atoms with E-state index in [1.165, 1.54) is 11.3 Å². The number of hydrogen-bond acceptors (Lipinski definition) is 3. The highest BCUT2D eigenvalue weighted by molar-refractivity contribution is 7.16. The molecule has 0 aliphatic heterocycles. The van der Waals surface area contributed by atoms with Gasteiger partial charge in [-0.3, -0.25) is 4.79 Å². The standard InChI is InChI=1S/C16H17NO3S/c1-4-11-8-13(16(19)20)15(21-11)17-14(18)12-7-5-6-9(2)10(12)3/h5-8H,4H2,1-3H3,(H,17,18)(H,19,20). The molecule has 1 amide bonds. The molecule has 21 heavy (non-hydrogen) atoms. The summed E-state index contributed by atoms with van der Waals surface area (Å²) in [6.07, 6.45) is 0.740. The van der Waals surface area contributed by atoms with Crippen LogP contribution in [0.25, 0.3) is 0 Å². The first-order valence-electron chi connectivity index (χ1n) is 6.67. The Balaban J connectivity index is 2.33. The zero-order valence-corrected chi connectivity index (χ0v) is 13.0. The van der Waals surface area contributed by atoms with E-state index in [9.17, 15) is 14.7 Å². The molecule has 0 fully saturated rings. The number of carboxylic acid groups (broad SMARTS) is 1. The summed E-state index contributed by atoms with van der Waals surface area (Å²) in [5, 5.41) is 12.3. The third-order valence-corrected chi connectivity index (χ3v) is 4.63. The van der Waals surface area contributed by atoms with Crippen molar-refractivity contribution < 1.29 is 14.7 Å². The number of anilines is 1. The number of aryl methyl sites for hydroxylation is 2. The Hall–Kier alpha value is -2.14. The highest BCUT2D eigenvalue weighted by Gasteiger charge is 2.18. The number of nitrogens with one attached hydrogen (secondary N) is 1. The number of benzene rings is 1. The summed E-state index contributed by atoms with van der Waals surface area (Å²) in [5.41, 5.74) is 2.65. The van der Waals surface area contributed by atoms with Gasteiger partial charge < -0.3 is 10.4 Å². The molecule has 1 aromatic carbocycles. The van der Waals surface area contributed by atoms with Gasteiger partial charge in [0.1, 0.15) is 5.00 Å². The van der Waals surface area contributed by atoms with Crippen molar-refractivity contribution in [2.75, 3.05) is 5.32 Å². The molecule has 0 saturated carbocycles. The van der Waals surface area contributed by atoms with E-state index in [-0.39, 0.29) is 11.5 Å². The van der Waals surface area contributed by atoms with Gasteiger partial charge in [-0.05, 0) is 43.5 Å². The van der Waals surface area contributed by atoms with Crippen molar-refractivity contribution in [2.45, 2.75) is 27.2 Å². The highest BCUT2D eigenvalue weighted by Crippen LogP contribution is 2.29. The van der Waals surface area contributed by atoms with Gasteiger partial charge >= 0.3 is 5.97 Å². The van der Waals surface area contributed by atoms with E-state index < -0.39 is 5.97 Å². The SMILES string of the molecule is CCc1cc(C(=O)O)c(NC(=O)c2cccc(C)c2C)s1. The zero-order valence-electron chi connectivity index (χ0n) is 12.2. The van der Waals surface area contributed by atoms with E-state index in [2.05, 4.69) is 5.32 Å². The lowest BCUT2D eigenvalue weighted by Gasteiger charge is -2.09. The second-order valence-electron chi connectivity index (χ2n) is 4.82. The van der Waals surface area contributed by atoms with Crippen LogP contribution in [-0.2, 0) is 6.42 Å². The molecule has 0 unspecified atom stereocenters. The molecular weight excluding hydrogens is 286 g/mol. The molecule has 2 aromatic rings. The number of rotatable bonds is 4. The fourth-order valence-corrected chi connectivity index (χ4v) is 3.02. The minimum atomic E-state index is -1.03. The average molecular weight is 303 g/mol. The predicted octanol–water partition coefficient (Wildman–Crippen LogP) is 3.88. The number of amides is 1. The van der Waals surface area contributed by atoms with Gasteiger partial charge in [0.15, 0.2) is 0 Å². The van der Waals surface area contributed by atoms with Crippen molar-refractivity contribution in [3.8, 4) is 0 Å². The summed E-state index contributed by atoms with van der Waals surface area (Å²) in [5.74, 6) is -1.30. The minimum absolute atomic E-state index is 0.149. The van der Waals surface area contributed by atoms with Gasteiger partial charge in [-0.1, -0.05) is 19.1 Å². The molecule has 0 bridgehead atoms. The third kappa shape index (κ3) is 3.13. The van der Waals surface area contributed by atoms with Crippen LogP contribution in [0.5, 0.6) is 0 Å². The molecule has 2 N–H and O–H groups in total. The molecule has 0 saturated heterocycles. The molecule has 2 rings (SSSR count). The monoisotopic (exact) mass is 303 g/mol. The van der Waals surface area contributed by atoms with Crippen LogP contribution in [0.15, 0.2) is 24.3 Å². The van der Waals surface area contributed by atoms with Gasteiger partial charge in [0, 0.05) is 10.4 Å². The third-order valence-electron chi connectivity index (χ3n) is 3.44. The molecule has 1 heterocycles. The zero-order chi connectivity index (χ0) is 15.6. The number of aromatic carboxylic acids is 1. The number of carbonyl (C=O) groups excluding carboxylic acids is 1. The van der Waals surface area contributed by atoms with Gasteiger partial charge in [-0.2, -0.15) is 0 Å². The molecule has 1 aromatic heterocycles. The van der Waals surface area contributed by atoms with Crippen molar-refractivity contribution in [1.82, 2.24) is 0 Å². The topological polar surface area (TPSA) is 66.4 Å². The maximum Gasteiger partial charge on any atom is 0.338 e. The lowest BCUT2D eigenvalue weighted by Crippen LogP contribution is -2.14. The minimum Gasteiger partial charge on any atom is -0.478 e.